The van der Waals surface area contributed by atoms with E-state index in [0.717, 1.165) is 44.0 Å². The van der Waals surface area contributed by atoms with Crippen LogP contribution in [-0.2, 0) is 10.0 Å². The average molecular weight is 500 g/mol. The van der Waals surface area contributed by atoms with E-state index in [2.05, 4.69) is 16.5 Å². The van der Waals surface area contributed by atoms with Crippen LogP contribution in [0.1, 0.15) is 48.5 Å². The molecule has 0 saturated carbocycles. The van der Waals surface area contributed by atoms with E-state index in [1.165, 1.54) is 26.0 Å². The number of sulfonamides is 1. The largest absolute Gasteiger partial charge is 0.495 e. The highest BCUT2D eigenvalue weighted by atomic mass is 32.2. The molecule has 8 heteroatoms. The second kappa shape index (κ2) is 11.0. The smallest absolute Gasteiger partial charge is 0.265 e. The van der Waals surface area contributed by atoms with E-state index < -0.39 is 10.0 Å². The van der Waals surface area contributed by atoms with Crippen LogP contribution in [0.2, 0.25) is 0 Å². The Labute approximate surface area is 209 Å². The van der Waals surface area contributed by atoms with E-state index >= 15 is 0 Å². The number of benzene rings is 2. The molecule has 2 fully saturated rings. The molecular formula is C27H37N3O4S. The molecule has 4 rings (SSSR count). The quantitative estimate of drug-likeness (QED) is 0.611. The number of methoxy groups -OCH3 is 1. The maximum atomic E-state index is 13.4. The van der Waals surface area contributed by atoms with Gasteiger partial charge in [0.15, 0.2) is 0 Å². The van der Waals surface area contributed by atoms with E-state index in [1.54, 1.807) is 24.3 Å². The van der Waals surface area contributed by atoms with Crippen molar-refractivity contribution >= 4 is 21.6 Å². The maximum Gasteiger partial charge on any atom is 0.265 e. The summed E-state index contributed by atoms with van der Waals surface area (Å²) in [6.07, 6.45) is 4.58. The Balaban J connectivity index is 1.48. The summed E-state index contributed by atoms with van der Waals surface area (Å²) in [7, 11) is -2.51. The number of piperidine rings is 2. The number of rotatable bonds is 7. The van der Waals surface area contributed by atoms with E-state index in [-0.39, 0.29) is 16.6 Å². The predicted molar refractivity (Wildman–Crippen MR) is 138 cm³/mol. The fourth-order valence-corrected chi connectivity index (χ4v) is 6.30. The Morgan fingerprint density at radius 1 is 1.06 bits per heavy atom. The second-order valence-corrected chi connectivity index (χ2v) is 11.7. The number of carbonyl (C=O) groups excluding carboxylic acids is 1. The molecule has 0 radical (unpaired) electrons. The summed E-state index contributed by atoms with van der Waals surface area (Å²) in [4.78, 5) is 17.8. The van der Waals surface area contributed by atoms with Crippen molar-refractivity contribution in [3.05, 3.63) is 53.6 Å². The third-order valence-electron chi connectivity index (χ3n) is 7.20. The Kier molecular flexibility index (Phi) is 8.02. The zero-order valence-electron chi connectivity index (χ0n) is 21.0. The van der Waals surface area contributed by atoms with Gasteiger partial charge >= 0.3 is 0 Å². The highest BCUT2D eigenvalue weighted by molar-refractivity contribution is 7.92. The van der Waals surface area contributed by atoms with Crippen molar-refractivity contribution in [1.82, 2.24) is 9.80 Å². The molecule has 7 nitrogen and oxygen atoms in total. The number of aryl methyl sites for hydroxylation is 1. The summed E-state index contributed by atoms with van der Waals surface area (Å²) in [5, 5.41) is 0. The van der Waals surface area contributed by atoms with Gasteiger partial charge in [-0.25, -0.2) is 8.42 Å². The highest BCUT2D eigenvalue weighted by Crippen LogP contribution is 2.29. The molecule has 1 amide bonds. The molecule has 2 aliphatic rings. The van der Waals surface area contributed by atoms with Crippen LogP contribution in [0.5, 0.6) is 5.75 Å². The molecule has 2 aromatic carbocycles. The number of hydrogen-bond acceptors (Lipinski definition) is 5. The second-order valence-electron chi connectivity index (χ2n) is 10.1. The Bertz CT molecular complexity index is 1130. The van der Waals surface area contributed by atoms with Gasteiger partial charge in [0.2, 0.25) is 0 Å². The molecular weight excluding hydrogens is 462 g/mol. The van der Waals surface area contributed by atoms with Crippen molar-refractivity contribution in [2.75, 3.05) is 44.6 Å². The van der Waals surface area contributed by atoms with Gasteiger partial charge in [-0.3, -0.25) is 9.52 Å². The Morgan fingerprint density at radius 3 is 2.46 bits per heavy atom. The van der Waals surface area contributed by atoms with Gasteiger partial charge in [0.1, 0.15) is 10.6 Å². The molecule has 0 spiro atoms. The fourth-order valence-electron chi connectivity index (χ4n) is 5.04. The molecule has 2 saturated heterocycles. The fraction of sp³-hybridized carbons (Fsp3) is 0.519. The molecule has 1 unspecified atom stereocenters. The van der Waals surface area contributed by atoms with E-state index in [0.29, 0.717) is 30.3 Å². The molecule has 190 valence electrons. The molecule has 2 aromatic rings. The lowest BCUT2D eigenvalue weighted by Crippen LogP contribution is -2.45. The van der Waals surface area contributed by atoms with Crippen LogP contribution < -0.4 is 9.46 Å². The molecule has 0 bridgehead atoms. The Hall–Kier alpha value is -2.58. The maximum absolute atomic E-state index is 13.4. The first kappa shape index (κ1) is 25.5. The third-order valence-corrected chi connectivity index (χ3v) is 8.61. The molecule has 2 aliphatic heterocycles. The minimum atomic E-state index is -3.94. The lowest BCUT2D eigenvalue weighted by atomic mass is 9.94. The van der Waals surface area contributed by atoms with Crippen molar-refractivity contribution in [3.63, 3.8) is 0 Å². The van der Waals surface area contributed by atoms with Gasteiger partial charge in [0, 0.05) is 30.9 Å². The van der Waals surface area contributed by atoms with Gasteiger partial charge in [-0.05, 0) is 87.9 Å². The molecule has 0 aromatic heterocycles. The number of amides is 1. The van der Waals surface area contributed by atoms with Crippen molar-refractivity contribution in [2.45, 2.75) is 44.4 Å². The monoisotopic (exact) mass is 499 g/mol. The van der Waals surface area contributed by atoms with Crippen molar-refractivity contribution in [3.8, 4) is 5.75 Å². The number of carbonyl (C=O) groups is 1. The highest BCUT2D eigenvalue weighted by Gasteiger charge is 2.29. The summed E-state index contributed by atoms with van der Waals surface area (Å²) in [6, 6.07) is 11.8. The molecule has 35 heavy (non-hydrogen) atoms. The van der Waals surface area contributed by atoms with Crippen LogP contribution >= 0.6 is 0 Å². The average Bonchev–Trinajstić information content (AvgIpc) is 2.86. The predicted octanol–water partition coefficient (Wildman–Crippen LogP) is 4.39. The third kappa shape index (κ3) is 6.35. The normalized spacial score (nSPS) is 20.0. The van der Waals surface area contributed by atoms with Gasteiger partial charge < -0.3 is 14.5 Å². The summed E-state index contributed by atoms with van der Waals surface area (Å²) in [5.41, 5.74) is 1.86. The Morgan fingerprint density at radius 2 is 1.77 bits per heavy atom. The van der Waals surface area contributed by atoms with Gasteiger partial charge in [0.25, 0.3) is 15.9 Å². The van der Waals surface area contributed by atoms with Gasteiger partial charge in [-0.1, -0.05) is 24.6 Å². The minimum Gasteiger partial charge on any atom is -0.495 e. The zero-order chi connectivity index (χ0) is 25.0. The number of nitrogens with zero attached hydrogens (tertiary/aromatic N) is 2. The van der Waals surface area contributed by atoms with Crippen LogP contribution in [0.15, 0.2) is 47.4 Å². The van der Waals surface area contributed by atoms with Crippen molar-refractivity contribution < 1.29 is 17.9 Å². The van der Waals surface area contributed by atoms with Gasteiger partial charge in [-0.2, -0.15) is 0 Å². The number of ether oxygens (including phenoxy) is 1. The van der Waals surface area contributed by atoms with Crippen LogP contribution in [0, 0.1) is 18.8 Å². The SMILES string of the molecule is COc1ccc(C(=O)N2CCCC(CN3CCC(C)CC3)C2)cc1S(=O)(=O)Nc1ccc(C)cc1. The first-order valence-electron chi connectivity index (χ1n) is 12.5. The van der Waals surface area contributed by atoms with Crippen LogP contribution in [0.3, 0.4) is 0 Å². The van der Waals surface area contributed by atoms with Crippen molar-refractivity contribution in [1.29, 1.82) is 0 Å². The lowest BCUT2D eigenvalue weighted by molar-refractivity contribution is 0.0622. The van der Waals surface area contributed by atoms with Gasteiger partial charge in [0.05, 0.1) is 7.11 Å². The number of anilines is 1. The molecule has 1 atom stereocenters. The van der Waals surface area contributed by atoms with Crippen LogP contribution in [-0.4, -0.2) is 64.0 Å². The summed E-state index contributed by atoms with van der Waals surface area (Å²) >= 11 is 0. The van der Waals surface area contributed by atoms with Crippen LogP contribution in [0.4, 0.5) is 5.69 Å². The standard InChI is InChI=1S/C27H37N3O4S/c1-20-6-9-24(10-7-20)28-35(32,33)26-17-23(8-11-25(26)34-3)27(31)30-14-4-5-22(19-30)18-29-15-12-21(2)13-16-29/h6-11,17,21-22,28H,4-5,12-16,18-19H2,1-3H3. The number of likely N-dealkylation sites (tertiary alicyclic amines) is 2. The van der Waals surface area contributed by atoms with Crippen molar-refractivity contribution in [2.24, 2.45) is 11.8 Å². The van der Waals surface area contributed by atoms with Gasteiger partial charge in [-0.15, -0.1) is 0 Å². The lowest BCUT2D eigenvalue weighted by Gasteiger charge is -2.38. The summed E-state index contributed by atoms with van der Waals surface area (Å²) in [6.45, 7) is 8.97. The first-order valence-corrected chi connectivity index (χ1v) is 14.0. The molecule has 2 heterocycles. The first-order chi connectivity index (χ1) is 16.7. The topological polar surface area (TPSA) is 79.0 Å². The van der Waals surface area contributed by atoms with Crippen LogP contribution in [0.25, 0.3) is 0 Å². The minimum absolute atomic E-state index is 0.0394. The molecule has 0 aliphatic carbocycles. The number of nitrogens with one attached hydrogen (secondary N) is 1. The zero-order valence-corrected chi connectivity index (χ0v) is 21.8. The molecule has 1 N–H and O–H groups in total. The summed E-state index contributed by atoms with van der Waals surface area (Å²) in [5.74, 6) is 1.33. The number of hydrogen-bond donors (Lipinski definition) is 1. The van der Waals surface area contributed by atoms with E-state index in [1.807, 2.05) is 24.0 Å². The van der Waals surface area contributed by atoms with E-state index in [9.17, 15) is 13.2 Å². The summed E-state index contributed by atoms with van der Waals surface area (Å²) < 4.78 is 34.3. The van der Waals surface area contributed by atoms with E-state index in [4.69, 9.17) is 4.74 Å².